The van der Waals surface area contributed by atoms with Gasteiger partial charge in [-0.3, -0.25) is 0 Å². The summed E-state index contributed by atoms with van der Waals surface area (Å²) in [6.07, 6.45) is 1.62. The maximum Gasteiger partial charge on any atom is 0.253 e. The molecule has 3 aromatic heterocycles. The molecular weight excluding hydrogens is 304 g/mol. The summed E-state index contributed by atoms with van der Waals surface area (Å²) in [6.45, 7) is 3.92. The molecule has 0 aliphatic heterocycles. The molecule has 0 aliphatic rings. The highest BCUT2D eigenvalue weighted by molar-refractivity contribution is 5.87. The van der Waals surface area contributed by atoms with Crippen molar-refractivity contribution in [2.45, 2.75) is 13.8 Å². The van der Waals surface area contributed by atoms with Gasteiger partial charge in [-0.25, -0.2) is 14.6 Å². The SMILES string of the molecule is COc1cccc(-c2nc(-n3nc(C)cc3C)nc3nc[nH]c23)c1. The summed E-state index contributed by atoms with van der Waals surface area (Å²) in [7, 11) is 1.65. The van der Waals surface area contributed by atoms with Crippen LogP contribution in [-0.4, -0.2) is 36.8 Å². The first-order chi connectivity index (χ1) is 11.7. The molecule has 0 atom stereocenters. The van der Waals surface area contributed by atoms with Crippen LogP contribution >= 0.6 is 0 Å². The molecule has 0 aliphatic carbocycles. The van der Waals surface area contributed by atoms with E-state index in [1.807, 2.05) is 44.2 Å². The largest absolute Gasteiger partial charge is 0.497 e. The highest BCUT2D eigenvalue weighted by atomic mass is 16.5. The van der Waals surface area contributed by atoms with Crippen LogP contribution in [0.2, 0.25) is 0 Å². The molecular formula is C17H16N6O. The lowest BCUT2D eigenvalue weighted by Crippen LogP contribution is -2.06. The second-order valence-corrected chi connectivity index (χ2v) is 5.54. The van der Waals surface area contributed by atoms with Crippen LogP contribution in [0.25, 0.3) is 28.4 Å². The summed E-state index contributed by atoms with van der Waals surface area (Å²) in [4.78, 5) is 16.7. The fourth-order valence-corrected chi connectivity index (χ4v) is 2.73. The Kier molecular flexibility index (Phi) is 3.26. The topological polar surface area (TPSA) is 81.5 Å². The van der Waals surface area contributed by atoms with Gasteiger partial charge in [0.15, 0.2) is 5.65 Å². The number of hydrogen-bond donors (Lipinski definition) is 1. The average Bonchev–Trinajstić information content (AvgIpc) is 3.19. The molecule has 4 aromatic rings. The highest BCUT2D eigenvalue weighted by Gasteiger charge is 2.15. The van der Waals surface area contributed by atoms with E-state index in [2.05, 4.69) is 20.1 Å². The number of hydrogen-bond acceptors (Lipinski definition) is 5. The van der Waals surface area contributed by atoms with Crippen LogP contribution in [0.1, 0.15) is 11.4 Å². The Balaban J connectivity index is 1.97. The second kappa shape index (κ2) is 5.45. The number of H-pyrrole nitrogens is 1. The fourth-order valence-electron chi connectivity index (χ4n) is 2.73. The normalized spacial score (nSPS) is 11.1. The summed E-state index contributed by atoms with van der Waals surface area (Å²) < 4.78 is 7.05. The van der Waals surface area contributed by atoms with Crippen molar-refractivity contribution in [1.29, 1.82) is 0 Å². The first-order valence-corrected chi connectivity index (χ1v) is 7.55. The molecule has 4 rings (SSSR count). The number of nitrogens with zero attached hydrogens (tertiary/aromatic N) is 5. The van der Waals surface area contributed by atoms with E-state index < -0.39 is 0 Å². The number of rotatable bonds is 3. The van der Waals surface area contributed by atoms with Gasteiger partial charge in [0.2, 0.25) is 0 Å². The Bertz CT molecular complexity index is 1030. The molecule has 0 amide bonds. The van der Waals surface area contributed by atoms with E-state index >= 15 is 0 Å². The van der Waals surface area contributed by atoms with E-state index in [1.54, 1.807) is 18.1 Å². The molecule has 24 heavy (non-hydrogen) atoms. The number of ether oxygens (including phenoxy) is 1. The summed E-state index contributed by atoms with van der Waals surface area (Å²) in [5, 5.41) is 4.47. The minimum Gasteiger partial charge on any atom is -0.497 e. The third-order valence-corrected chi connectivity index (χ3v) is 3.82. The van der Waals surface area contributed by atoms with E-state index in [1.165, 1.54) is 0 Å². The molecule has 0 fully saturated rings. The standard InChI is InChI=1S/C17H16N6O/c1-10-7-11(2)23(22-10)17-20-14(15-16(21-17)19-9-18-15)12-5-4-6-13(8-12)24-3/h4-9H,1-3H3,(H,18,19,20,21). The van der Waals surface area contributed by atoms with Gasteiger partial charge in [0.1, 0.15) is 17.0 Å². The van der Waals surface area contributed by atoms with E-state index in [0.29, 0.717) is 11.6 Å². The predicted octanol–water partition coefficient (Wildman–Crippen LogP) is 2.83. The molecule has 7 nitrogen and oxygen atoms in total. The average molecular weight is 320 g/mol. The Morgan fingerprint density at radius 2 is 2.00 bits per heavy atom. The molecule has 0 saturated carbocycles. The summed E-state index contributed by atoms with van der Waals surface area (Å²) in [6, 6.07) is 9.74. The Morgan fingerprint density at radius 3 is 2.75 bits per heavy atom. The van der Waals surface area contributed by atoms with E-state index in [4.69, 9.17) is 9.72 Å². The van der Waals surface area contributed by atoms with Gasteiger partial charge in [-0.1, -0.05) is 12.1 Å². The molecule has 7 heteroatoms. The van der Waals surface area contributed by atoms with Gasteiger partial charge in [0.05, 0.1) is 19.1 Å². The quantitative estimate of drug-likeness (QED) is 0.628. The molecule has 0 radical (unpaired) electrons. The number of aromatic amines is 1. The van der Waals surface area contributed by atoms with Gasteiger partial charge in [-0.2, -0.15) is 10.1 Å². The zero-order chi connectivity index (χ0) is 16.7. The molecule has 120 valence electrons. The number of aromatic nitrogens is 6. The van der Waals surface area contributed by atoms with Crippen LogP contribution in [0, 0.1) is 13.8 Å². The van der Waals surface area contributed by atoms with E-state index in [9.17, 15) is 0 Å². The third kappa shape index (κ3) is 2.30. The van der Waals surface area contributed by atoms with Crippen LogP contribution in [0.3, 0.4) is 0 Å². The predicted molar refractivity (Wildman–Crippen MR) is 90.3 cm³/mol. The zero-order valence-corrected chi connectivity index (χ0v) is 13.6. The van der Waals surface area contributed by atoms with Crippen molar-refractivity contribution in [3.05, 3.63) is 48.0 Å². The van der Waals surface area contributed by atoms with Crippen molar-refractivity contribution in [1.82, 2.24) is 29.7 Å². The zero-order valence-electron chi connectivity index (χ0n) is 13.6. The third-order valence-electron chi connectivity index (χ3n) is 3.82. The van der Waals surface area contributed by atoms with Crippen molar-refractivity contribution in [2.75, 3.05) is 7.11 Å². The van der Waals surface area contributed by atoms with Crippen molar-refractivity contribution in [3.8, 4) is 23.0 Å². The minimum atomic E-state index is 0.498. The Morgan fingerprint density at radius 1 is 1.12 bits per heavy atom. The Labute approximate surface area is 138 Å². The summed E-state index contributed by atoms with van der Waals surface area (Å²) >= 11 is 0. The van der Waals surface area contributed by atoms with E-state index in [-0.39, 0.29) is 0 Å². The van der Waals surface area contributed by atoms with Gasteiger partial charge < -0.3 is 9.72 Å². The number of imidazole rings is 1. The van der Waals surface area contributed by atoms with Crippen molar-refractivity contribution in [3.63, 3.8) is 0 Å². The maximum atomic E-state index is 5.32. The van der Waals surface area contributed by atoms with Gasteiger partial charge >= 0.3 is 0 Å². The number of fused-ring (bicyclic) bond motifs is 1. The fraction of sp³-hybridized carbons (Fsp3) is 0.176. The summed E-state index contributed by atoms with van der Waals surface area (Å²) in [5.74, 6) is 1.27. The molecule has 3 heterocycles. The molecule has 1 aromatic carbocycles. The molecule has 0 saturated heterocycles. The first-order valence-electron chi connectivity index (χ1n) is 7.55. The maximum absolute atomic E-state index is 5.32. The molecule has 0 bridgehead atoms. The van der Waals surface area contributed by atoms with Crippen molar-refractivity contribution >= 4 is 11.2 Å². The van der Waals surface area contributed by atoms with Crippen LogP contribution in [0.5, 0.6) is 5.75 Å². The summed E-state index contributed by atoms with van der Waals surface area (Å²) in [5.41, 5.74) is 4.96. The number of nitrogens with one attached hydrogen (secondary N) is 1. The lowest BCUT2D eigenvalue weighted by atomic mass is 10.1. The van der Waals surface area contributed by atoms with Crippen LogP contribution < -0.4 is 4.74 Å². The van der Waals surface area contributed by atoms with Crippen LogP contribution in [0.4, 0.5) is 0 Å². The lowest BCUT2D eigenvalue weighted by molar-refractivity contribution is 0.415. The smallest absolute Gasteiger partial charge is 0.253 e. The van der Waals surface area contributed by atoms with Gasteiger partial charge in [-0.05, 0) is 32.0 Å². The van der Waals surface area contributed by atoms with Crippen molar-refractivity contribution < 1.29 is 4.74 Å². The molecule has 1 N–H and O–H groups in total. The van der Waals surface area contributed by atoms with Gasteiger partial charge in [-0.15, -0.1) is 0 Å². The lowest BCUT2D eigenvalue weighted by Gasteiger charge is -2.08. The Hall–Kier alpha value is -3.22. The number of benzene rings is 1. The highest BCUT2D eigenvalue weighted by Crippen LogP contribution is 2.27. The first kappa shape index (κ1) is 14.4. The van der Waals surface area contributed by atoms with Gasteiger partial charge in [0.25, 0.3) is 5.95 Å². The van der Waals surface area contributed by atoms with Crippen molar-refractivity contribution in [2.24, 2.45) is 0 Å². The van der Waals surface area contributed by atoms with Gasteiger partial charge in [0, 0.05) is 11.3 Å². The number of methoxy groups -OCH3 is 1. The van der Waals surface area contributed by atoms with E-state index in [0.717, 1.165) is 33.9 Å². The second-order valence-electron chi connectivity index (χ2n) is 5.54. The molecule has 0 spiro atoms. The van der Waals surface area contributed by atoms with Crippen LogP contribution in [-0.2, 0) is 0 Å². The molecule has 0 unspecified atom stereocenters. The van der Waals surface area contributed by atoms with Crippen LogP contribution in [0.15, 0.2) is 36.7 Å². The minimum absolute atomic E-state index is 0.498. The monoisotopic (exact) mass is 320 g/mol. The number of aryl methyl sites for hydroxylation is 2.